The normalized spacial score (nSPS) is 12.1. The lowest BCUT2D eigenvalue weighted by Gasteiger charge is -2.14. The Kier molecular flexibility index (Phi) is 6.98. The van der Waals surface area contributed by atoms with Gasteiger partial charge in [-0.1, -0.05) is 24.3 Å². The van der Waals surface area contributed by atoms with Gasteiger partial charge in [-0.05, 0) is 43.3 Å². The van der Waals surface area contributed by atoms with Gasteiger partial charge in [0.15, 0.2) is 11.9 Å². The minimum absolute atomic E-state index is 0.0917. The van der Waals surface area contributed by atoms with Crippen LogP contribution in [0, 0.1) is 10.1 Å². The Morgan fingerprint density at radius 3 is 2.62 bits per heavy atom. The molecule has 0 unspecified atom stereocenters. The van der Waals surface area contributed by atoms with Crippen molar-refractivity contribution < 1.29 is 28.3 Å². The molecule has 40 heavy (non-hydrogen) atoms. The van der Waals surface area contributed by atoms with Crippen LogP contribution in [-0.2, 0) is 9.53 Å². The molecule has 0 aliphatic rings. The molecule has 2 aromatic heterocycles. The molecule has 0 bridgehead atoms. The standard InChI is InChI=1S/C28H22N4O8/c1-16(28(34)38-3)39-25-17(8-6-11-21(25)32(35)36)15-29-31-26(30-20-10-5-4-9-18(20)27(31)33)24-14-19-22(37-2)12-7-13-23(19)40-24/h4-16H,1-3H3/t16-/m0/s1. The van der Waals surface area contributed by atoms with E-state index in [9.17, 15) is 19.7 Å². The summed E-state index contributed by atoms with van der Waals surface area (Å²) in [7, 11) is 2.72. The highest BCUT2D eigenvalue weighted by atomic mass is 16.6. The minimum atomic E-state index is -1.15. The van der Waals surface area contributed by atoms with Crippen molar-refractivity contribution in [1.29, 1.82) is 0 Å². The minimum Gasteiger partial charge on any atom is -0.496 e. The lowest BCUT2D eigenvalue weighted by atomic mass is 10.2. The third-order valence-corrected chi connectivity index (χ3v) is 6.08. The molecule has 0 aliphatic carbocycles. The van der Waals surface area contributed by atoms with Crippen molar-refractivity contribution >= 4 is 39.7 Å². The summed E-state index contributed by atoms with van der Waals surface area (Å²) in [6, 6.07) is 17.9. The third-order valence-electron chi connectivity index (χ3n) is 6.08. The molecule has 12 heteroatoms. The van der Waals surface area contributed by atoms with Crippen LogP contribution in [0.5, 0.6) is 11.5 Å². The predicted molar refractivity (Wildman–Crippen MR) is 146 cm³/mol. The molecule has 0 spiro atoms. The molecule has 0 amide bonds. The van der Waals surface area contributed by atoms with Gasteiger partial charge in [-0.25, -0.2) is 9.78 Å². The Labute approximate surface area is 226 Å². The number of methoxy groups -OCH3 is 2. The molecule has 0 aliphatic heterocycles. The fourth-order valence-electron chi connectivity index (χ4n) is 4.14. The number of benzene rings is 3. The second-order valence-corrected chi connectivity index (χ2v) is 8.53. The number of hydrogen-bond donors (Lipinski definition) is 0. The summed E-state index contributed by atoms with van der Waals surface area (Å²) in [4.78, 5) is 41.3. The first-order valence-corrected chi connectivity index (χ1v) is 12.0. The number of para-hydroxylation sites is 2. The average molecular weight is 543 g/mol. The van der Waals surface area contributed by atoms with Crippen molar-refractivity contribution in [1.82, 2.24) is 9.66 Å². The van der Waals surface area contributed by atoms with Gasteiger partial charge in [0.25, 0.3) is 5.56 Å². The van der Waals surface area contributed by atoms with Crippen LogP contribution in [0.1, 0.15) is 12.5 Å². The number of carbonyl (C=O) groups is 1. The summed E-state index contributed by atoms with van der Waals surface area (Å²) >= 11 is 0. The zero-order valence-electron chi connectivity index (χ0n) is 21.6. The second-order valence-electron chi connectivity index (χ2n) is 8.53. The van der Waals surface area contributed by atoms with Crippen molar-refractivity contribution in [3.05, 3.63) is 92.8 Å². The van der Waals surface area contributed by atoms with Gasteiger partial charge in [-0.15, -0.1) is 0 Å². The lowest BCUT2D eigenvalue weighted by molar-refractivity contribution is -0.386. The van der Waals surface area contributed by atoms with E-state index < -0.39 is 28.2 Å². The van der Waals surface area contributed by atoms with E-state index in [1.165, 1.54) is 45.6 Å². The fourth-order valence-corrected chi connectivity index (χ4v) is 4.14. The van der Waals surface area contributed by atoms with E-state index in [1.54, 1.807) is 48.5 Å². The molecule has 202 valence electrons. The average Bonchev–Trinajstić information content (AvgIpc) is 3.41. The quantitative estimate of drug-likeness (QED) is 0.119. The molecule has 2 heterocycles. The molecular weight excluding hydrogens is 520 g/mol. The second kappa shape index (κ2) is 10.7. The number of esters is 1. The Morgan fingerprint density at radius 2 is 1.88 bits per heavy atom. The Morgan fingerprint density at radius 1 is 1.10 bits per heavy atom. The van der Waals surface area contributed by atoms with Crippen LogP contribution >= 0.6 is 0 Å². The first kappa shape index (κ1) is 26.1. The van der Waals surface area contributed by atoms with Crippen molar-refractivity contribution in [2.24, 2.45) is 5.10 Å². The summed E-state index contributed by atoms with van der Waals surface area (Å²) in [6.07, 6.45) is 0.0705. The number of nitro benzene ring substituents is 1. The summed E-state index contributed by atoms with van der Waals surface area (Å²) in [5, 5.41) is 17.0. The summed E-state index contributed by atoms with van der Waals surface area (Å²) in [5.41, 5.74) is 0.182. The predicted octanol–water partition coefficient (Wildman–Crippen LogP) is 4.55. The molecular formula is C28H22N4O8. The van der Waals surface area contributed by atoms with Crippen molar-refractivity contribution in [2.45, 2.75) is 13.0 Å². The van der Waals surface area contributed by atoms with Gasteiger partial charge in [0.05, 0.1) is 41.6 Å². The molecule has 0 N–H and O–H groups in total. The SMILES string of the molecule is COC(=O)[C@H](C)Oc1c(C=Nn2c(-c3cc4c(OC)cccc4o3)nc3ccccc3c2=O)cccc1[N+](=O)[O-]. The molecule has 3 aromatic carbocycles. The van der Waals surface area contributed by atoms with Crippen molar-refractivity contribution in [2.75, 3.05) is 14.2 Å². The molecule has 0 fully saturated rings. The lowest BCUT2D eigenvalue weighted by Crippen LogP contribution is -2.25. The third kappa shape index (κ3) is 4.73. The maximum absolute atomic E-state index is 13.6. The Bertz CT molecular complexity index is 1860. The number of aromatic nitrogens is 2. The number of hydrogen-bond acceptors (Lipinski definition) is 10. The molecule has 5 rings (SSSR count). The number of rotatable bonds is 8. The van der Waals surface area contributed by atoms with E-state index in [0.717, 1.165) is 4.68 Å². The molecule has 0 saturated carbocycles. The van der Waals surface area contributed by atoms with Crippen molar-refractivity contribution in [3.63, 3.8) is 0 Å². The largest absolute Gasteiger partial charge is 0.496 e. The van der Waals surface area contributed by atoms with Crippen LogP contribution in [0.25, 0.3) is 33.5 Å². The molecule has 0 radical (unpaired) electrons. The van der Waals surface area contributed by atoms with Crippen LogP contribution in [-0.4, -0.2) is 47.1 Å². The molecule has 0 saturated heterocycles. The Balaban J connectivity index is 1.70. The highest BCUT2D eigenvalue weighted by Gasteiger charge is 2.24. The van der Waals surface area contributed by atoms with Gasteiger partial charge in [-0.3, -0.25) is 14.9 Å². The summed E-state index contributed by atoms with van der Waals surface area (Å²) in [6.45, 7) is 1.40. The highest BCUT2D eigenvalue weighted by Crippen LogP contribution is 2.34. The van der Waals surface area contributed by atoms with Crippen LogP contribution in [0.15, 0.2) is 81.0 Å². The zero-order chi connectivity index (χ0) is 28.4. The first-order valence-electron chi connectivity index (χ1n) is 12.0. The van der Waals surface area contributed by atoms with E-state index in [4.69, 9.17) is 13.9 Å². The van der Waals surface area contributed by atoms with Crippen LogP contribution in [0.3, 0.4) is 0 Å². The summed E-state index contributed by atoms with van der Waals surface area (Å²) in [5.74, 6) is -0.0308. The number of fused-ring (bicyclic) bond motifs is 2. The molecule has 12 nitrogen and oxygen atoms in total. The van der Waals surface area contributed by atoms with Crippen LogP contribution < -0.4 is 15.0 Å². The van der Waals surface area contributed by atoms with E-state index >= 15 is 0 Å². The van der Waals surface area contributed by atoms with Crippen molar-refractivity contribution in [3.8, 4) is 23.1 Å². The number of furan rings is 1. The number of nitro groups is 1. The topological polar surface area (TPSA) is 148 Å². The first-order chi connectivity index (χ1) is 19.3. The van der Waals surface area contributed by atoms with E-state index in [1.807, 2.05) is 0 Å². The van der Waals surface area contributed by atoms with E-state index in [0.29, 0.717) is 27.6 Å². The maximum atomic E-state index is 13.6. The van der Waals surface area contributed by atoms with E-state index in [2.05, 4.69) is 14.8 Å². The number of nitrogens with zero attached hydrogens (tertiary/aromatic N) is 4. The van der Waals surface area contributed by atoms with Crippen LogP contribution in [0.4, 0.5) is 5.69 Å². The highest BCUT2D eigenvalue weighted by molar-refractivity contribution is 5.89. The fraction of sp³-hybridized carbons (Fsp3) is 0.143. The zero-order valence-corrected chi connectivity index (χ0v) is 21.6. The maximum Gasteiger partial charge on any atom is 0.346 e. The van der Waals surface area contributed by atoms with Crippen LogP contribution in [0.2, 0.25) is 0 Å². The van der Waals surface area contributed by atoms with Gasteiger partial charge in [0, 0.05) is 11.6 Å². The Hall–Kier alpha value is -5.52. The molecule has 1 atom stereocenters. The van der Waals surface area contributed by atoms with E-state index in [-0.39, 0.29) is 22.9 Å². The van der Waals surface area contributed by atoms with Gasteiger partial charge in [0.1, 0.15) is 11.3 Å². The monoisotopic (exact) mass is 542 g/mol. The number of carbonyl (C=O) groups excluding carboxylic acids is 1. The van der Waals surface area contributed by atoms with Gasteiger partial charge in [0.2, 0.25) is 11.6 Å². The smallest absolute Gasteiger partial charge is 0.346 e. The van der Waals surface area contributed by atoms with Gasteiger partial charge < -0.3 is 18.6 Å². The van der Waals surface area contributed by atoms with Gasteiger partial charge >= 0.3 is 11.7 Å². The van der Waals surface area contributed by atoms with Gasteiger partial charge in [-0.2, -0.15) is 9.78 Å². The number of ether oxygens (including phenoxy) is 3. The molecule has 5 aromatic rings. The summed E-state index contributed by atoms with van der Waals surface area (Å²) < 4.78 is 22.8.